The maximum atomic E-state index is 12.9. The summed E-state index contributed by atoms with van der Waals surface area (Å²) in [5, 5.41) is 2.47. The van der Waals surface area contributed by atoms with E-state index in [2.05, 4.69) is 5.32 Å². The lowest BCUT2D eigenvalue weighted by atomic mass is 10.1. The third-order valence-corrected chi connectivity index (χ3v) is 3.36. The predicted molar refractivity (Wildman–Crippen MR) is 71.6 cm³/mol. The lowest BCUT2D eigenvalue weighted by Gasteiger charge is -2.15. The predicted octanol–water partition coefficient (Wildman–Crippen LogP) is 2.67. The highest BCUT2D eigenvalue weighted by molar-refractivity contribution is 5.91. The first-order valence-electron chi connectivity index (χ1n) is 6.72. The SMILES string of the molecule is NCc1ccc(NC(=O)CC2CCCO2)cc1C(F)(F)F. The van der Waals surface area contributed by atoms with E-state index in [0.717, 1.165) is 18.9 Å². The van der Waals surface area contributed by atoms with Crippen LogP contribution in [0.25, 0.3) is 0 Å². The number of hydrogen-bond donors (Lipinski definition) is 2. The van der Waals surface area contributed by atoms with Crippen LogP contribution >= 0.6 is 0 Å². The molecule has 1 fully saturated rings. The van der Waals surface area contributed by atoms with Gasteiger partial charge >= 0.3 is 6.18 Å². The first-order chi connectivity index (χ1) is 9.90. The zero-order valence-electron chi connectivity index (χ0n) is 11.4. The summed E-state index contributed by atoms with van der Waals surface area (Å²) < 4.78 is 44.0. The Morgan fingerprint density at radius 3 is 2.76 bits per heavy atom. The number of anilines is 1. The number of amides is 1. The number of ether oxygens (including phenoxy) is 1. The van der Waals surface area contributed by atoms with E-state index in [1.807, 2.05) is 0 Å². The normalized spacial score (nSPS) is 18.8. The summed E-state index contributed by atoms with van der Waals surface area (Å²) >= 11 is 0. The first kappa shape index (κ1) is 15.8. The third kappa shape index (κ3) is 4.18. The number of carbonyl (C=O) groups excluding carboxylic acids is 1. The number of nitrogens with two attached hydrogens (primary N) is 1. The molecule has 0 aliphatic carbocycles. The van der Waals surface area contributed by atoms with Crippen LogP contribution in [0.5, 0.6) is 0 Å². The minimum Gasteiger partial charge on any atom is -0.378 e. The molecule has 0 radical (unpaired) electrons. The van der Waals surface area contributed by atoms with Crippen molar-refractivity contribution >= 4 is 11.6 Å². The van der Waals surface area contributed by atoms with Crippen LogP contribution < -0.4 is 11.1 Å². The van der Waals surface area contributed by atoms with E-state index in [9.17, 15) is 18.0 Å². The number of rotatable bonds is 4. The molecule has 0 bridgehead atoms. The van der Waals surface area contributed by atoms with Gasteiger partial charge in [-0.25, -0.2) is 0 Å². The Hall–Kier alpha value is -1.60. The summed E-state index contributed by atoms with van der Waals surface area (Å²) in [6.45, 7) is 0.417. The fourth-order valence-corrected chi connectivity index (χ4v) is 2.32. The van der Waals surface area contributed by atoms with E-state index in [1.54, 1.807) is 0 Å². The molecule has 1 aliphatic rings. The van der Waals surface area contributed by atoms with Gasteiger partial charge in [0.25, 0.3) is 0 Å². The molecule has 1 amide bonds. The van der Waals surface area contributed by atoms with Crippen LogP contribution in [0.4, 0.5) is 18.9 Å². The molecule has 0 aromatic heterocycles. The molecule has 3 N–H and O–H groups in total. The van der Waals surface area contributed by atoms with Gasteiger partial charge in [-0.1, -0.05) is 6.07 Å². The van der Waals surface area contributed by atoms with E-state index in [4.69, 9.17) is 10.5 Å². The molecular weight excluding hydrogens is 285 g/mol. The van der Waals surface area contributed by atoms with Crippen molar-refractivity contribution in [2.45, 2.75) is 38.1 Å². The Balaban J connectivity index is 2.07. The molecule has 1 aromatic rings. The molecule has 1 saturated heterocycles. The summed E-state index contributed by atoms with van der Waals surface area (Å²) in [7, 11) is 0. The Labute approximate surface area is 120 Å². The highest BCUT2D eigenvalue weighted by atomic mass is 19.4. The standard InChI is InChI=1S/C14H17F3N2O2/c15-14(16,17)12-6-10(4-3-9(12)8-18)19-13(20)7-11-2-1-5-21-11/h3-4,6,11H,1-2,5,7-8,18H2,(H,19,20). The van der Waals surface area contributed by atoms with E-state index in [0.29, 0.717) is 6.61 Å². The Morgan fingerprint density at radius 2 is 2.19 bits per heavy atom. The van der Waals surface area contributed by atoms with E-state index >= 15 is 0 Å². The second-order valence-corrected chi connectivity index (χ2v) is 4.96. The molecule has 7 heteroatoms. The first-order valence-corrected chi connectivity index (χ1v) is 6.72. The van der Waals surface area contributed by atoms with Crippen molar-refractivity contribution in [1.82, 2.24) is 0 Å². The fraction of sp³-hybridized carbons (Fsp3) is 0.500. The van der Waals surface area contributed by atoms with Gasteiger partial charge in [-0.2, -0.15) is 13.2 Å². The van der Waals surface area contributed by atoms with Crippen molar-refractivity contribution in [1.29, 1.82) is 0 Å². The van der Waals surface area contributed by atoms with Gasteiger partial charge in [0.15, 0.2) is 0 Å². The van der Waals surface area contributed by atoms with Crippen molar-refractivity contribution in [3.05, 3.63) is 29.3 Å². The Bertz CT molecular complexity index is 511. The molecule has 21 heavy (non-hydrogen) atoms. The summed E-state index contributed by atoms with van der Waals surface area (Å²) in [5.41, 5.74) is 4.60. The minimum atomic E-state index is -4.50. The Kier molecular flexibility index (Phi) is 4.84. The van der Waals surface area contributed by atoms with Crippen LogP contribution in [0.15, 0.2) is 18.2 Å². The maximum absolute atomic E-state index is 12.9. The molecule has 1 atom stereocenters. The maximum Gasteiger partial charge on any atom is 0.416 e. The van der Waals surface area contributed by atoms with Gasteiger partial charge in [-0.3, -0.25) is 4.79 Å². The molecule has 1 aromatic carbocycles. The van der Waals surface area contributed by atoms with Crippen LogP contribution in [-0.2, 0) is 22.3 Å². The second kappa shape index (κ2) is 6.44. The number of hydrogen-bond acceptors (Lipinski definition) is 3. The van der Waals surface area contributed by atoms with Crippen LogP contribution in [0.1, 0.15) is 30.4 Å². The van der Waals surface area contributed by atoms with Gasteiger partial charge < -0.3 is 15.8 Å². The number of nitrogens with one attached hydrogen (secondary N) is 1. The minimum absolute atomic E-state index is 0.000347. The van der Waals surface area contributed by atoms with Gasteiger partial charge in [0, 0.05) is 18.8 Å². The van der Waals surface area contributed by atoms with Crippen molar-refractivity contribution in [3.8, 4) is 0 Å². The van der Waals surface area contributed by atoms with Crippen LogP contribution in [0, 0.1) is 0 Å². The lowest BCUT2D eigenvalue weighted by molar-refractivity contribution is -0.138. The topological polar surface area (TPSA) is 64.3 Å². The molecule has 1 heterocycles. The van der Waals surface area contributed by atoms with E-state index < -0.39 is 11.7 Å². The molecular formula is C14H17F3N2O2. The van der Waals surface area contributed by atoms with Crippen molar-refractivity contribution in [2.75, 3.05) is 11.9 Å². The smallest absolute Gasteiger partial charge is 0.378 e. The molecule has 1 aliphatic heterocycles. The van der Waals surface area contributed by atoms with Gasteiger partial charge in [-0.05, 0) is 30.5 Å². The highest BCUT2D eigenvalue weighted by Gasteiger charge is 2.33. The summed E-state index contributed by atoms with van der Waals surface area (Å²) in [6, 6.07) is 3.62. The average molecular weight is 302 g/mol. The average Bonchev–Trinajstić information content (AvgIpc) is 2.90. The van der Waals surface area contributed by atoms with Gasteiger partial charge in [0.2, 0.25) is 5.91 Å². The summed E-state index contributed by atoms with van der Waals surface area (Å²) in [5.74, 6) is -0.351. The monoisotopic (exact) mass is 302 g/mol. The molecule has 1 unspecified atom stereocenters. The second-order valence-electron chi connectivity index (χ2n) is 4.96. The zero-order chi connectivity index (χ0) is 15.5. The van der Waals surface area contributed by atoms with Gasteiger partial charge in [0.05, 0.1) is 18.1 Å². The fourth-order valence-electron chi connectivity index (χ4n) is 2.32. The highest BCUT2D eigenvalue weighted by Crippen LogP contribution is 2.33. The van der Waals surface area contributed by atoms with Crippen LogP contribution in [0.2, 0.25) is 0 Å². The molecule has 2 rings (SSSR count). The molecule has 0 saturated carbocycles. The number of halogens is 3. The summed E-state index contributed by atoms with van der Waals surface area (Å²) in [4.78, 5) is 11.8. The largest absolute Gasteiger partial charge is 0.416 e. The quantitative estimate of drug-likeness (QED) is 0.898. The number of benzene rings is 1. The van der Waals surface area contributed by atoms with Crippen LogP contribution in [-0.4, -0.2) is 18.6 Å². The Morgan fingerprint density at radius 1 is 1.43 bits per heavy atom. The molecule has 4 nitrogen and oxygen atoms in total. The van der Waals surface area contributed by atoms with Crippen molar-refractivity contribution in [2.24, 2.45) is 5.73 Å². The van der Waals surface area contributed by atoms with Crippen LogP contribution in [0.3, 0.4) is 0 Å². The number of alkyl halides is 3. The van der Waals surface area contributed by atoms with Gasteiger partial charge in [0.1, 0.15) is 0 Å². The molecule has 0 spiro atoms. The zero-order valence-corrected chi connectivity index (χ0v) is 11.4. The van der Waals surface area contributed by atoms with Crippen molar-refractivity contribution in [3.63, 3.8) is 0 Å². The number of carbonyl (C=O) groups is 1. The van der Waals surface area contributed by atoms with Gasteiger partial charge in [-0.15, -0.1) is 0 Å². The van der Waals surface area contributed by atoms with Crippen molar-refractivity contribution < 1.29 is 22.7 Å². The lowest BCUT2D eigenvalue weighted by Crippen LogP contribution is -2.20. The molecule has 116 valence electrons. The van der Waals surface area contributed by atoms with E-state index in [-0.39, 0.29) is 36.2 Å². The van der Waals surface area contributed by atoms with E-state index in [1.165, 1.54) is 12.1 Å². The summed E-state index contributed by atoms with van der Waals surface area (Å²) in [6.07, 6.45) is -2.78. The third-order valence-electron chi connectivity index (χ3n) is 3.36.